The summed E-state index contributed by atoms with van der Waals surface area (Å²) < 4.78 is 29.0. The first kappa shape index (κ1) is 28.6. The highest BCUT2D eigenvalue weighted by molar-refractivity contribution is 5.82. The van der Waals surface area contributed by atoms with E-state index in [0.29, 0.717) is 26.2 Å². The fourth-order valence-electron chi connectivity index (χ4n) is 5.69. The Balaban J connectivity index is 1.79. The Hall–Kier alpha value is -2.94. The highest BCUT2D eigenvalue weighted by atomic mass is 19.1. The highest BCUT2D eigenvalue weighted by Crippen LogP contribution is 2.58. The van der Waals surface area contributed by atoms with Gasteiger partial charge in [0.1, 0.15) is 11.6 Å². The molecule has 1 N–H and O–H groups in total. The van der Waals surface area contributed by atoms with Gasteiger partial charge < -0.3 is 10.2 Å². The van der Waals surface area contributed by atoms with Gasteiger partial charge in [0.25, 0.3) is 0 Å². The van der Waals surface area contributed by atoms with Crippen LogP contribution in [0.5, 0.6) is 0 Å². The Morgan fingerprint density at radius 3 is 2.57 bits per heavy atom. The zero-order chi connectivity index (χ0) is 27.4. The van der Waals surface area contributed by atoms with E-state index in [1.54, 1.807) is 6.08 Å². The van der Waals surface area contributed by atoms with Crippen LogP contribution < -0.4 is 5.32 Å². The summed E-state index contributed by atoms with van der Waals surface area (Å²) in [4.78, 5) is 28.6. The number of carbonyl (C=O) groups is 2. The van der Waals surface area contributed by atoms with E-state index in [1.807, 2.05) is 16.7 Å². The number of nitrogens with zero attached hydrogens (tertiary/aromatic N) is 4. The molecule has 9 heteroatoms. The Morgan fingerprint density at radius 1 is 1.30 bits per heavy atom. The molecule has 2 fully saturated rings. The van der Waals surface area contributed by atoms with Gasteiger partial charge in [0.15, 0.2) is 0 Å². The minimum Gasteiger partial charge on any atom is -0.354 e. The molecule has 1 aliphatic heterocycles. The van der Waals surface area contributed by atoms with E-state index >= 15 is 0 Å². The predicted molar refractivity (Wildman–Crippen MR) is 141 cm³/mol. The van der Waals surface area contributed by atoms with Crippen LogP contribution in [0.25, 0.3) is 5.70 Å². The van der Waals surface area contributed by atoms with Crippen molar-refractivity contribution in [1.82, 2.24) is 15.1 Å². The average molecular weight is 516 g/mol. The number of azo groups is 1. The van der Waals surface area contributed by atoms with Gasteiger partial charge in [-0.15, -0.1) is 0 Å². The maximum atomic E-state index is 14.5. The SMILES string of the molecule is C=C(/C=C(\N=N/C)c1c(F)cccc1F)[C@@H]1CC[C@@](C)(CN(CC)C(=O)CN2CCNC(=O)C2)C1(C)C. The van der Waals surface area contributed by atoms with Crippen LogP contribution in [-0.4, -0.2) is 67.9 Å². The van der Waals surface area contributed by atoms with Gasteiger partial charge in [-0.2, -0.15) is 10.2 Å². The number of halogens is 2. The summed E-state index contributed by atoms with van der Waals surface area (Å²) in [6.45, 7) is 15.6. The molecule has 1 aromatic carbocycles. The van der Waals surface area contributed by atoms with Crippen LogP contribution >= 0.6 is 0 Å². The molecule has 1 saturated carbocycles. The number of benzene rings is 1. The Bertz CT molecular complexity index is 1080. The minimum atomic E-state index is -0.703. The molecule has 0 aromatic heterocycles. The highest BCUT2D eigenvalue weighted by Gasteiger charge is 2.52. The van der Waals surface area contributed by atoms with Crippen LogP contribution in [0.15, 0.2) is 46.7 Å². The van der Waals surface area contributed by atoms with Gasteiger partial charge in [0, 0.05) is 33.2 Å². The van der Waals surface area contributed by atoms with Crippen LogP contribution in [0, 0.1) is 28.4 Å². The first-order chi connectivity index (χ1) is 17.4. The molecule has 0 spiro atoms. The number of nitrogens with one attached hydrogen (secondary N) is 1. The number of amides is 2. The quantitative estimate of drug-likeness (QED) is 0.384. The molecular weight excluding hydrogens is 476 g/mol. The van der Waals surface area contributed by atoms with Crippen LogP contribution in [0.4, 0.5) is 8.78 Å². The van der Waals surface area contributed by atoms with Crippen LogP contribution in [0.3, 0.4) is 0 Å². The maximum Gasteiger partial charge on any atom is 0.236 e. The molecule has 0 unspecified atom stereocenters. The van der Waals surface area contributed by atoms with Gasteiger partial charge in [-0.3, -0.25) is 14.5 Å². The Kier molecular flexibility index (Phi) is 9.00. The van der Waals surface area contributed by atoms with E-state index in [1.165, 1.54) is 25.2 Å². The molecule has 7 nitrogen and oxygen atoms in total. The molecule has 2 amide bonds. The van der Waals surface area contributed by atoms with Gasteiger partial charge in [-0.05, 0) is 60.3 Å². The van der Waals surface area contributed by atoms with E-state index in [2.05, 4.69) is 42.9 Å². The number of likely N-dealkylation sites (N-methyl/N-ethyl adjacent to an activating group) is 1. The monoisotopic (exact) mass is 515 g/mol. The van der Waals surface area contributed by atoms with Crippen LogP contribution in [-0.2, 0) is 9.59 Å². The van der Waals surface area contributed by atoms with Crippen LogP contribution in [0.1, 0.15) is 46.1 Å². The first-order valence-electron chi connectivity index (χ1n) is 12.8. The molecular formula is C28H39F2N5O2. The molecule has 1 aliphatic carbocycles. The predicted octanol–water partition coefficient (Wildman–Crippen LogP) is 4.67. The van der Waals surface area contributed by atoms with Crippen molar-refractivity contribution in [3.63, 3.8) is 0 Å². The van der Waals surface area contributed by atoms with Gasteiger partial charge in [-0.1, -0.05) is 33.4 Å². The lowest BCUT2D eigenvalue weighted by atomic mass is 9.64. The van der Waals surface area contributed by atoms with Crippen molar-refractivity contribution in [2.45, 2.75) is 40.5 Å². The number of hydrogen-bond acceptors (Lipinski definition) is 5. The van der Waals surface area contributed by atoms with Gasteiger partial charge in [-0.25, -0.2) is 8.78 Å². The lowest BCUT2D eigenvalue weighted by Gasteiger charge is -2.45. The van der Waals surface area contributed by atoms with E-state index in [-0.39, 0.29) is 52.9 Å². The third-order valence-corrected chi connectivity index (χ3v) is 8.36. The van der Waals surface area contributed by atoms with Gasteiger partial charge in [0.05, 0.1) is 24.4 Å². The summed E-state index contributed by atoms with van der Waals surface area (Å²) in [6, 6.07) is 3.71. The number of allylic oxidation sites excluding steroid dienone is 2. The van der Waals surface area contributed by atoms with Crippen molar-refractivity contribution in [2.24, 2.45) is 27.0 Å². The van der Waals surface area contributed by atoms with Crippen molar-refractivity contribution in [3.05, 3.63) is 53.6 Å². The largest absolute Gasteiger partial charge is 0.354 e. The van der Waals surface area contributed by atoms with Crippen molar-refractivity contribution >= 4 is 17.5 Å². The van der Waals surface area contributed by atoms with E-state index in [0.717, 1.165) is 18.4 Å². The molecule has 1 saturated heterocycles. The lowest BCUT2D eigenvalue weighted by Crippen LogP contribution is -2.53. The molecule has 37 heavy (non-hydrogen) atoms. The molecule has 2 aliphatic rings. The summed E-state index contributed by atoms with van der Waals surface area (Å²) in [5.41, 5.74) is 0.134. The normalized spacial score (nSPS) is 24.4. The summed E-state index contributed by atoms with van der Waals surface area (Å²) in [5.74, 6) is -1.43. The fraction of sp³-hybridized carbons (Fsp3) is 0.571. The van der Waals surface area contributed by atoms with E-state index < -0.39 is 11.6 Å². The average Bonchev–Trinajstić information content (AvgIpc) is 3.06. The molecule has 202 valence electrons. The van der Waals surface area contributed by atoms with Gasteiger partial charge in [0.2, 0.25) is 11.8 Å². The van der Waals surface area contributed by atoms with Crippen molar-refractivity contribution in [1.29, 1.82) is 0 Å². The Morgan fingerprint density at radius 2 is 1.97 bits per heavy atom. The third kappa shape index (κ3) is 6.14. The van der Waals surface area contributed by atoms with E-state index in [9.17, 15) is 18.4 Å². The lowest BCUT2D eigenvalue weighted by molar-refractivity contribution is -0.136. The summed E-state index contributed by atoms with van der Waals surface area (Å²) in [7, 11) is 1.46. The first-order valence-corrected chi connectivity index (χ1v) is 12.8. The number of rotatable bonds is 9. The molecule has 1 heterocycles. The summed E-state index contributed by atoms with van der Waals surface area (Å²) in [5, 5.41) is 10.6. The summed E-state index contributed by atoms with van der Waals surface area (Å²) >= 11 is 0. The Labute approximate surface area is 218 Å². The molecule has 0 bridgehead atoms. The zero-order valence-electron chi connectivity index (χ0n) is 22.6. The van der Waals surface area contributed by atoms with E-state index in [4.69, 9.17) is 0 Å². The minimum absolute atomic E-state index is 0.0112. The standard InChI is InChI=1S/C28H39F2N5O2/c1-7-35(25(37)17-34-14-13-32-24(36)16-34)18-28(5)12-11-20(27(28,3)4)19(2)15-23(33-31-6)26-21(29)9-8-10-22(26)30/h8-10,15,20H,2,7,11-14,16-18H2,1,3-6H3,(H,32,36)/b23-15-,33-31-/t20-,28-/m0/s1. The smallest absolute Gasteiger partial charge is 0.236 e. The van der Waals surface area contributed by atoms with Crippen molar-refractivity contribution in [2.75, 3.05) is 46.3 Å². The van der Waals surface area contributed by atoms with Crippen LogP contribution in [0.2, 0.25) is 0 Å². The second kappa shape index (κ2) is 11.6. The second-order valence-electron chi connectivity index (χ2n) is 10.8. The second-order valence-corrected chi connectivity index (χ2v) is 10.8. The van der Waals surface area contributed by atoms with Crippen molar-refractivity contribution in [3.8, 4) is 0 Å². The maximum absolute atomic E-state index is 14.5. The number of hydrogen-bond donors (Lipinski definition) is 1. The molecule has 0 radical (unpaired) electrons. The molecule has 2 atom stereocenters. The number of piperazine rings is 1. The van der Waals surface area contributed by atoms with Crippen molar-refractivity contribution < 1.29 is 18.4 Å². The number of carbonyl (C=O) groups excluding carboxylic acids is 2. The molecule has 1 aromatic rings. The topological polar surface area (TPSA) is 77.4 Å². The fourth-order valence-corrected chi connectivity index (χ4v) is 5.69. The molecule has 3 rings (SSSR count). The zero-order valence-corrected chi connectivity index (χ0v) is 22.6. The third-order valence-electron chi connectivity index (χ3n) is 8.36. The van der Waals surface area contributed by atoms with Gasteiger partial charge >= 0.3 is 0 Å². The summed E-state index contributed by atoms with van der Waals surface area (Å²) in [6.07, 6.45) is 3.33.